The second-order valence-electron chi connectivity index (χ2n) is 3.99. The van der Waals surface area contributed by atoms with Crippen molar-refractivity contribution in [1.29, 1.82) is 0 Å². The van der Waals surface area contributed by atoms with Gasteiger partial charge in [-0.1, -0.05) is 6.92 Å². The molecule has 0 amide bonds. The van der Waals surface area contributed by atoms with Crippen molar-refractivity contribution in [2.24, 2.45) is 0 Å². The van der Waals surface area contributed by atoms with Crippen LogP contribution in [0.25, 0.3) is 0 Å². The smallest absolute Gasteiger partial charge is 0.269 e. The molecule has 0 unspecified atom stereocenters. The van der Waals surface area contributed by atoms with Gasteiger partial charge in [-0.05, 0) is 41.9 Å². The lowest BCUT2D eigenvalue weighted by atomic mass is 10.3. The highest BCUT2D eigenvalue weighted by atomic mass is 35.5. The molecule has 0 spiro atoms. The van der Waals surface area contributed by atoms with Gasteiger partial charge in [0.15, 0.2) is 5.16 Å². The molecule has 0 aliphatic carbocycles. The molecule has 1 heterocycles. The fourth-order valence-electron chi connectivity index (χ4n) is 1.43. The average Bonchev–Trinajstić information content (AvgIpc) is 2.45. The third kappa shape index (κ3) is 4.54. The molecule has 1 N–H and O–H groups in total. The maximum absolute atomic E-state index is 10.6. The van der Waals surface area contributed by atoms with Gasteiger partial charge in [0.1, 0.15) is 0 Å². The predicted octanol–water partition coefficient (Wildman–Crippen LogP) is 3.41. The minimum absolute atomic E-state index is 0.0401. The maximum atomic E-state index is 10.6. The number of nitrogens with zero attached hydrogens (tertiary/aromatic N) is 4. The molecule has 2 rings (SSSR count). The lowest BCUT2D eigenvalue weighted by Gasteiger charge is -2.05. The van der Waals surface area contributed by atoms with E-state index in [1.807, 2.05) is 6.92 Å². The van der Waals surface area contributed by atoms with Gasteiger partial charge in [-0.3, -0.25) is 10.1 Å². The van der Waals surface area contributed by atoms with Crippen LogP contribution in [0.15, 0.2) is 34.3 Å². The van der Waals surface area contributed by atoms with Crippen molar-refractivity contribution < 1.29 is 4.92 Å². The van der Waals surface area contributed by atoms with Crippen molar-refractivity contribution in [3.63, 3.8) is 0 Å². The van der Waals surface area contributed by atoms with Gasteiger partial charge in [0.2, 0.25) is 11.2 Å². The van der Waals surface area contributed by atoms with Crippen molar-refractivity contribution >= 4 is 35.0 Å². The summed E-state index contributed by atoms with van der Waals surface area (Å²) < 4.78 is 0. The van der Waals surface area contributed by atoms with Crippen LogP contribution in [-0.4, -0.2) is 26.4 Å². The first kappa shape index (κ1) is 15.5. The standard InChI is InChI=1S/C12H12ClN5O2S/c1-2-7-14-11-15-10(13)16-12(17-11)21-9-5-3-8(4-6-9)18(19)20/h3-6H,2,7H2,1H3,(H,14,15,16,17). The van der Waals surface area contributed by atoms with E-state index in [0.29, 0.717) is 11.1 Å². The van der Waals surface area contributed by atoms with Gasteiger partial charge in [-0.2, -0.15) is 15.0 Å². The van der Waals surface area contributed by atoms with Crippen LogP contribution in [0.5, 0.6) is 0 Å². The van der Waals surface area contributed by atoms with Crippen molar-refractivity contribution in [3.05, 3.63) is 39.7 Å². The van der Waals surface area contributed by atoms with Crippen LogP contribution in [-0.2, 0) is 0 Å². The fraction of sp³-hybridized carbons (Fsp3) is 0.250. The Balaban J connectivity index is 2.14. The van der Waals surface area contributed by atoms with Crippen LogP contribution in [0, 0.1) is 10.1 Å². The summed E-state index contributed by atoms with van der Waals surface area (Å²) in [5.74, 6) is 0.418. The summed E-state index contributed by atoms with van der Waals surface area (Å²) >= 11 is 7.12. The molecule has 0 saturated carbocycles. The Morgan fingerprint density at radius 3 is 2.62 bits per heavy atom. The average molecular weight is 326 g/mol. The first-order chi connectivity index (χ1) is 10.1. The van der Waals surface area contributed by atoms with E-state index in [2.05, 4.69) is 20.3 Å². The van der Waals surface area contributed by atoms with Crippen LogP contribution in [0.3, 0.4) is 0 Å². The Morgan fingerprint density at radius 1 is 1.29 bits per heavy atom. The molecule has 7 nitrogen and oxygen atoms in total. The summed E-state index contributed by atoms with van der Waals surface area (Å²) in [4.78, 5) is 23.2. The normalized spacial score (nSPS) is 10.4. The van der Waals surface area contributed by atoms with Gasteiger partial charge >= 0.3 is 0 Å². The quantitative estimate of drug-likeness (QED) is 0.642. The third-order valence-electron chi connectivity index (χ3n) is 2.38. The number of hydrogen-bond donors (Lipinski definition) is 1. The number of nitrogens with one attached hydrogen (secondary N) is 1. The van der Waals surface area contributed by atoms with Gasteiger partial charge in [-0.25, -0.2) is 0 Å². The highest BCUT2D eigenvalue weighted by Gasteiger charge is 2.09. The highest BCUT2D eigenvalue weighted by Crippen LogP contribution is 2.27. The summed E-state index contributed by atoms with van der Waals surface area (Å²) in [5.41, 5.74) is 0.0401. The molecular weight excluding hydrogens is 314 g/mol. The number of benzene rings is 1. The summed E-state index contributed by atoms with van der Waals surface area (Å²) in [6.07, 6.45) is 0.939. The van der Waals surface area contributed by atoms with Crippen molar-refractivity contribution in [1.82, 2.24) is 15.0 Å². The van der Waals surface area contributed by atoms with Crippen molar-refractivity contribution in [2.75, 3.05) is 11.9 Å². The molecule has 2 aromatic rings. The van der Waals surface area contributed by atoms with E-state index in [9.17, 15) is 10.1 Å². The zero-order chi connectivity index (χ0) is 15.2. The number of nitro benzene ring substituents is 1. The van der Waals surface area contributed by atoms with Crippen LogP contribution in [0.2, 0.25) is 5.28 Å². The zero-order valence-electron chi connectivity index (χ0n) is 11.1. The Morgan fingerprint density at radius 2 is 2.00 bits per heavy atom. The van der Waals surface area contributed by atoms with E-state index >= 15 is 0 Å². The van der Waals surface area contributed by atoms with Gasteiger partial charge in [0, 0.05) is 23.6 Å². The molecule has 0 aliphatic heterocycles. The Kier molecular flexibility index (Phi) is 5.29. The molecular formula is C12H12ClN5O2S. The van der Waals surface area contributed by atoms with E-state index in [0.717, 1.165) is 17.9 Å². The maximum Gasteiger partial charge on any atom is 0.269 e. The van der Waals surface area contributed by atoms with E-state index in [1.54, 1.807) is 12.1 Å². The number of aromatic nitrogens is 3. The lowest BCUT2D eigenvalue weighted by molar-refractivity contribution is -0.384. The second kappa shape index (κ2) is 7.19. The molecule has 0 aliphatic rings. The van der Waals surface area contributed by atoms with Gasteiger partial charge in [0.05, 0.1) is 4.92 Å². The molecule has 0 radical (unpaired) electrons. The Bertz CT molecular complexity index is 638. The molecule has 0 atom stereocenters. The molecule has 1 aromatic carbocycles. The molecule has 0 bridgehead atoms. The highest BCUT2D eigenvalue weighted by molar-refractivity contribution is 7.99. The van der Waals surface area contributed by atoms with Crippen LogP contribution >= 0.6 is 23.4 Å². The van der Waals surface area contributed by atoms with Gasteiger partial charge < -0.3 is 5.32 Å². The zero-order valence-corrected chi connectivity index (χ0v) is 12.7. The van der Waals surface area contributed by atoms with Crippen LogP contribution in [0.4, 0.5) is 11.6 Å². The third-order valence-corrected chi connectivity index (χ3v) is 3.42. The van der Waals surface area contributed by atoms with Crippen molar-refractivity contribution in [3.8, 4) is 0 Å². The monoisotopic (exact) mass is 325 g/mol. The van der Waals surface area contributed by atoms with Crippen LogP contribution in [0.1, 0.15) is 13.3 Å². The number of rotatable bonds is 6. The number of anilines is 1. The fourth-order valence-corrected chi connectivity index (χ4v) is 2.39. The Hall–Kier alpha value is -1.93. The molecule has 110 valence electrons. The minimum Gasteiger partial charge on any atom is -0.354 e. The first-order valence-electron chi connectivity index (χ1n) is 6.16. The molecule has 0 fully saturated rings. The number of halogens is 1. The summed E-state index contributed by atoms with van der Waals surface area (Å²) in [7, 11) is 0. The second-order valence-corrected chi connectivity index (χ2v) is 5.37. The molecule has 9 heteroatoms. The Labute approximate surface area is 130 Å². The first-order valence-corrected chi connectivity index (χ1v) is 7.35. The minimum atomic E-state index is -0.443. The molecule has 21 heavy (non-hydrogen) atoms. The number of nitro groups is 1. The van der Waals surface area contributed by atoms with E-state index in [1.165, 1.54) is 23.9 Å². The van der Waals surface area contributed by atoms with E-state index < -0.39 is 4.92 Å². The number of non-ortho nitro benzene ring substituents is 1. The van der Waals surface area contributed by atoms with E-state index in [4.69, 9.17) is 11.6 Å². The summed E-state index contributed by atoms with van der Waals surface area (Å²) in [5, 5.41) is 14.2. The topological polar surface area (TPSA) is 93.8 Å². The molecule has 0 saturated heterocycles. The summed E-state index contributed by atoms with van der Waals surface area (Å²) in [6.45, 7) is 2.77. The molecule has 1 aromatic heterocycles. The van der Waals surface area contributed by atoms with Crippen LogP contribution < -0.4 is 5.32 Å². The summed E-state index contributed by atoms with van der Waals surface area (Å²) in [6, 6.07) is 6.14. The lowest BCUT2D eigenvalue weighted by Crippen LogP contribution is -2.06. The SMILES string of the molecule is CCCNc1nc(Cl)nc(Sc2ccc([N+](=O)[O-])cc2)n1. The van der Waals surface area contributed by atoms with E-state index in [-0.39, 0.29) is 11.0 Å². The van der Waals surface area contributed by atoms with Crippen molar-refractivity contribution in [2.45, 2.75) is 23.4 Å². The largest absolute Gasteiger partial charge is 0.354 e. The van der Waals surface area contributed by atoms with Gasteiger partial charge in [-0.15, -0.1) is 0 Å². The predicted molar refractivity (Wildman–Crippen MR) is 80.8 cm³/mol. The van der Waals surface area contributed by atoms with Gasteiger partial charge in [0.25, 0.3) is 5.69 Å². The number of hydrogen-bond acceptors (Lipinski definition) is 7.